The summed E-state index contributed by atoms with van der Waals surface area (Å²) in [6, 6.07) is 10.6. The Morgan fingerprint density at radius 1 is 1.20 bits per heavy atom. The van der Waals surface area contributed by atoms with Crippen LogP contribution in [0.4, 0.5) is 0 Å². The van der Waals surface area contributed by atoms with Gasteiger partial charge in [-0.05, 0) is 43.6 Å². The summed E-state index contributed by atoms with van der Waals surface area (Å²) in [6.45, 7) is 2.34. The van der Waals surface area contributed by atoms with Crippen LogP contribution in [0.25, 0.3) is 0 Å². The zero-order valence-corrected chi connectivity index (χ0v) is 9.58. The second-order valence-electron chi connectivity index (χ2n) is 5.21. The fraction of sp³-hybridized carbons (Fsp3) is 0.571. The van der Waals surface area contributed by atoms with Crippen LogP contribution in [-0.2, 0) is 6.42 Å². The number of rotatable bonds is 2. The molecule has 2 N–H and O–H groups in total. The van der Waals surface area contributed by atoms with Crippen molar-refractivity contribution >= 4 is 0 Å². The van der Waals surface area contributed by atoms with E-state index in [1.54, 1.807) is 0 Å². The van der Waals surface area contributed by atoms with Gasteiger partial charge in [0.15, 0.2) is 0 Å². The van der Waals surface area contributed by atoms with E-state index in [0.717, 1.165) is 12.3 Å². The highest BCUT2D eigenvalue weighted by atomic mass is 14.7. The van der Waals surface area contributed by atoms with E-state index in [0.29, 0.717) is 0 Å². The molecule has 1 fully saturated rings. The Morgan fingerprint density at radius 2 is 1.80 bits per heavy atom. The van der Waals surface area contributed by atoms with Crippen molar-refractivity contribution in [2.75, 3.05) is 0 Å². The van der Waals surface area contributed by atoms with E-state index < -0.39 is 0 Å². The van der Waals surface area contributed by atoms with Gasteiger partial charge in [-0.2, -0.15) is 0 Å². The summed E-state index contributed by atoms with van der Waals surface area (Å²) in [4.78, 5) is 0. The minimum atomic E-state index is 0.0634. The van der Waals surface area contributed by atoms with Gasteiger partial charge in [0.1, 0.15) is 0 Å². The highest BCUT2D eigenvalue weighted by Gasteiger charge is 2.29. The van der Waals surface area contributed by atoms with Crippen molar-refractivity contribution in [2.45, 2.75) is 44.6 Å². The molecule has 0 unspecified atom stereocenters. The maximum atomic E-state index is 6.45. The van der Waals surface area contributed by atoms with Crippen molar-refractivity contribution in [3.8, 4) is 0 Å². The number of hydrogen-bond acceptors (Lipinski definition) is 1. The summed E-state index contributed by atoms with van der Waals surface area (Å²) < 4.78 is 0. The second kappa shape index (κ2) is 4.36. The van der Waals surface area contributed by atoms with E-state index in [1.165, 1.54) is 31.2 Å². The predicted molar refractivity (Wildman–Crippen MR) is 64.7 cm³/mol. The van der Waals surface area contributed by atoms with Gasteiger partial charge in [0, 0.05) is 5.54 Å². The van der Waals surface area contributed by atoms with Crippen molar-refractivity contribution in [1.29, 1.82) is 0 Å². The third kappa shape index (κ3) is 2.82. The second-order valence-corrected chi connectivity index (χ2v) is 5.21. The molecule has 1 aromatic rings. The average Bonchev–Trinajstić information content (AvgIpc) is 2.24. The van der Waals surface area contributed by atoms with E-state index >= 15 is 0 Å². The van der Waals surface area contributed by atoms with Crippen molar-refractivity contribution in [1.82, 2.24) is 0 Å². The van der Waals surface area contributed by atoms with E-state index in [4.69, 9.17) is 5.73 Å². The van der Waals surface area contributed by atoms with Crippen LogP contribution in [0.2, 0.25) is 0 Å². The van der Waals surface area contributed by atoms with Gasteiger partial charge in [-0.15, -0.1) is 0 Å². The summed E-state index contributed by atoms with van der Waals surface area (Å²) in [5.74, 6) is 0.873. The topological polar surface area (TPSA) is 26.0 Å². The Morgan fingerprint density at radius 3 is 2.40 bits per heavy atom. The molecule has 0 amide bonds. The van der Waals surface area contributed by atoms with Crippen LogP contribution >= 0.6 is 0 Å². The summed E-state index contributed by atoms with van der Waals surface area (Å²) >= 11 is 0. The Hall–Kier alpha value is -0.820. The molecule has 0 bridgehead atoms. The first-order chi connectivity index (χ1) is 7.18. The van der Waals surface area contributed by atoms with Crippen LogP contribution < -0.4 is 5.73 Å². The van der Waals surface area contributed by atoms with Gasteiger partial charge < -0.3 is 5.73 Å². The largest absolute Gasteiger partial charge is 0.325 e. The maximum Gasteiger partial charge on any atom is 0.0195 e. The highest BCUT2D eigenvalue weighted by molar-refractivity contribution is 5.18. The lowest BCUT2D eigenvalue weighted by Crippen LogP contribution is -2.45. The number of hydrogen-bond donors (Lipinski definition) is 1. The molecule has 1 aliphatic rings. The summed E-state index contributed by atoms with van der Waals surface area (Å²) in [5, 5.41) is 0. The average molecular weight is 203 g/mol. The van der Waals surface area contributed by atoms with E-state index in [9.17, 15) is 0 Å². The van der Waals surface area contributed by atoms with E-state index in [-0.39, 0.29) is 5.54 Å². The van der Waals surface area contributed by atoms with Crippen molar-refractivity contribution in [3.63, 3.8) is 0 Å². The number of benzene rings is 1. The Balaban J connectivity index is 1.99. The zero-order valence-electron chi connectivity index (χ0n) is 9.58. The van der Waals surface area contributed by atoms with Gasteiger partial charge in [-0.25, -0.2) is 0 Å². The third-order valence-corrected chi connectivity index (χ3v) is 3.67. The molecule has 1 aromatic carbocycles. The maximum absolute atomic E-state index is 6.45. The molecule has 0 aromatic heterocycles. The first-order valence-corrected chi connectivity index (χ1v) is 6.01. The molecule has 1 heteroatoms. The van der Waals surface area contributed by atoms with Gasteiger partial charge >= 0.3 is 0 Å². The van der Waals surface area contributed by atoms with Crippen molar-refractivity contribution < 1.29 is 0 Å². The summed E-state index contributed by atoms with van der Waals surface area (Å²) in [6.07, 6.45) is 6.00. The van der Waals surface area contributed by atoms with Crippen LogP contribution in [-0.4, -0.2) is 5.54 Å². The zero-order chi connectivity index (χ0) is 10.7. The van der Waals surface area contributed by atoms with Crippen LogP contribution in [0.5, 0.6) is 0 Å². The molecule has 1 saturated carbocycles. The minimum Gasteiger partial charge on any atom is -0.325 e. The molecule has 15 heavy (non-hydrogen) atoms. The SMILES string of the molecule is CC1CCC(N)(Cc2ccccc2)CC1. The van der Waals surface area contributed by atoms with Crippen molar-refractivity contribution in [3.05, 3.63) is 35.9 Å². The lowest BCUT2D eigenvalue weighted by atomic mass is 9.75. The predicted octanol–water partition coefficient (Wildman–Crippen LogP) is 3.14. The lowest BCUT2D eigenvalue weighted by molar-refractivity contribution is 0.243. The van der Waals surface area contributed by atoms with Crippen LogP contribution in [0.1, 0.15) is 38.2 Å². The van der Waals surface area contributed by atoms with Gasteiger partial charge in [0.25, 0.3) is 0 Å². The fourth-order valence-corrected chi connectivity index (χ4v) is 2.52. The smallest absolute Gasteiger partial charge is 0.0195 e. The third-order valence-electron chi connectivity index (χ3n) is 3.67. The van der Waals surface area contributed by atoms with Crippen molar-refractivity contribution in [2.24, 2.45) is 11.7 Å². The molecule has 0 heterocycles. The monoisotopic (exact) mass is 203 g/mol. The van der Waals surface area contributed by atoms with Crippen LogP contribution in [0, 0.1) is 5.92 Å². The molecule has 0 saturated heterocycles. The van der Waals surface area contributed by atoms with Gasteiger partial charge in [0.05, 0.1) is 0 Å². The Bertz CT molecular complexity index is 296. The standard InChI is InChI=1S/C14H21N/c1-12-7-9-14(15,10-8-12)11-13-5-3-2-4-6-13/h2-6,12H,7-11,15H2,1H3. The molecule has 0 spiro atoms. The first-order valence-electron chi connectivity index (χ1n) is 6.01. The highest BCUT2D eigenvalue weighted by Crippen LogP contribution is 2.32. The number of nitrogens with two attached hydrogens (primary N) is 1. The molecular formula is C14H21N. The van der Waals surface area contributed by atoms with Gasteiger partial charge in [0.2, 0.25) is 0 Å². The Kier molecular flexibility index (Phi) is 3.11. The van der Waals surface area contributed by atoms with Crippen LogP contribution in [0.15, 0.2) is 30.3 Å². The molecule has 1 aliphatic carbocycles. The fourth-order valence-electron chi connectivity index (χ4n) is 2.52. The molecule has 1 nitrogen and oxygen atoms in total. The molecule has 0 atom stereocenters. The molecule has 82 valence electrons. The van der Waals surface area contributed by atoms with Gasteiger partial charge in [-0.3, -0.25) is 0 Å². The normalized spacial score (nSPS) is 31.5. The quantitative estimate of drug-likeness (QED) is 0.785. The summed E-state index contributed by atoms with van der Waals surface area (Å²) in [7, 11) is 0. The molecular weight excluding hydrogens is 182 g/mol. The molecule has 0 aliphatic heterocycles. The van der Waals surface area contributed by atoms with Gasteiger partial charge in [-0.1, -0.05) is 37.3 Å². The minimum absolute atomic E-state index is 0.0634. The lowest BCUT2D eigenvalue weighted by Gasteiger charge is -2.36. The Labute approximate surface area is 92.7 Å². The molecule has 2 rings (SSSR count). The van der Waals surface area contributed by atoms with E-state index in [2.05, 4.69) is 37.3 Å². The summed E-state index contributed by atoms with van der Waals surface area (Å²) in [5.41, 5.74) is 7.90. The first kappa shape index (κ1) is 10.7. The molecule has 0 radical (unpaired) electrons. The van der Waals surface area contributed by atoms with Crippen LogP contribution in [0.3, 0.4) is 0 Å². The van der Waals surface area contributed by atoms with E-state index in [1.807, 2.05) is 0 Å².